The standard InChI is InChI=1S/C24H30N4O2/c1-24(20-9-5-3-6-10-20)22(29)28(23(30)25-24)18-26(2)17-19-11-13-21(14-12-19)27-15-7-4-8-16-27/h3,5-6,9-14H,4,7-8,15-18H2,1-2H3,(H,25,30)/p+1/t24-/m0/s1. The molecule has 2 saturated heterocycles. The lowest BCUT2D eigenvalue weighted by Crippen LogP contribution is -3.09. The Hall–Kier alpha value is -2.86. The van der Waals surface area contributed by atoms with Gasteiger partial charge in [-0.15, -0.1) is 0 Å². The molecular formula is C24H31N4O2+. The number of carbonyl (C=O) groups excluding carboxylic acids is 2. The first-order valence-corrected chi connectivity index (χ1v) is 10.8. The summed E-state index contributed by atoms with van der Waals surface area (Å²) in [5.74, 6) is -0.196. The van der Waals surface area contributed by atoms with Gasteiger partial charge in [0.1, 0.15) is 12.1 Å². The van der Waals surface area contributed by atoms with Crippen LogP contribution in [0.2, 0.25) is 0 Å². The molecule has 2 fully saturated rings. The van der Waals surface area contributed by atoms with Crippen LogP contribution >= 0.6 is 0 Å². The van der Waals surface area contributed by atoms with Crippen molar-refractivity contribution < 1.29 is 14.5 Å². The minimum atomic E-state index is -1.01. The van der Waals surface area contributed by atoms with Crippen LogP contribution in [0.25, 0.3) is 0 Å². The molecule has 2 aromatic carbocycles. The molecule has 0 spiro atoms. The van der Waals surface area contributed by atoms with Crippen LogP contribution < -0.4 is 15.1 Å². The molecule has 2 aliphatic heterocycles. The van der Waals surface area contributed by atoms with Gasteiger partial charge in [-0.05, 0) is 43.9 Å². The second-order valence-corrected chi connectivity index (χ2v) is 8.66. The fourth-order valence-electron chi connectivity index (χ4n) is 4.46. The number of piperidine rings is 1. The van der Waals surface area contributed by atoms with Crippen molar-refractivity contribution in [3.8, 4) is 0 Å². The van der Waals surface area contributed by atoms with Crippen molar-refractivity contribution in [3.63, 3.8) is 0 Å². The summed E-state index contributed by atoms with van der Waals surface area (Å²) in [5.41, 5.74) is 2.28. The average Bonchev–Trinajstić information content (AvgIpc) is 2.99. The Morgan fingerprint density at radius 2 is 1.63 bits per heavy atom. The summed E-state index contributed by atoms with van der Waals surface area (Å²) in [6, 6.07) is 17.8. The van der Waals surface area contributed by atoms with Gasteiger partial charge in [-0.2, -0.15) is 0 Å². The second kappa shape index (κ2) is 8.48. The molecule has 2 N–H and O–H groups in total. The summed E-state index contributed by atoms with van der Waals surface area (Å²) >= 11 is 0. The Labute approximate surface area is 178 Å². The van der Waals surface area contributed by atoms with Crippen LogP contribution in [-0.2, 0) is 16.9 Å². The molecule has 6 nitrogen and oxygen atoms in total. The van der Waals surface area contributed by atoms with E-state index in [1.807, 2.05) is 37.4 Å². The molecule has 1 unspecified atom stereocenters. The highest BCUT2D eigenvalue weighted by Gasteiger charge is 2.49. The SMILES string of the molecule is C[NH+](Cc1ccc(N2CCCCC2)cc1)CN1C(=O)N[C@@](C)(c2ccccc2)C1=O. The van der Waals surface area contributed by atoms with Gasteiger partial charge in [0.15, 0.2) is 6.67 Å². The first-order chi connectivity index (χ1) is 14.5. The number of benzene rings is 2. The highest BCUT2D eigenvalue weighted by atomic mass is 16.2. The van der Waals surface area contributed by atoms with Crippen molar-refractivity contribution in [2.24, 2.45) is 0 Å². The zero-order valence-electron chi connectivity index (χ0n) is 17.9. The van der Waals surface area contributed by atoms with Gasteiger partial charge >= 0.3 is 6.03 Å². The van der Waals surface area contributed by atoms with Gasteiger partial charge in [-0.3, -0.25) is 4.79 Å². The zero-order valence-corrected chi connectivity index (χ0v) is 17.9. The number of nitrogens with one attached hydrogen (secondary N) is 2. The summed E-state index contributed by atoms with van der Waals surface area (Å²) in [6.45, 7) is 5.13. The Morgan fingerprint density at radius 3 is 2.30 bits per heavy atom. The maximum absolute atomic E-state index is 13.1. The number of urea groups is 1. The number of amides is 3. The van der Waals surface area contributed by atoms with Crippen LogP contribution in [-0.4, -0.2) is 43.6 Å². The summed E-state index contributed by atoms with van der Waals surface area (Å²) < 4.78 is 0. The van der Waals surface area contributed by atoms with Gasteiger partial charge in [0.05, 0.1) is 7.05 Å². The third-order valence-corrected chi connectivity index (χ3v) is 6.22. The van der Waals surface area contributed by atoms with Gasteiger partial charge in [-0.1, -0.05) is 42.5 Å². The lowest BCUT2D eigenvalue weighted by Gasteiger charge is -2.29. The van der Waals surface area contributed by atoms with E-state index in [4.69, 9.17) is 0 Å². The first kappa shape index (κ1) is 20.4. The van der Waals surface area contributed by atoms with E-state index in [1.165, 1.54) is 35.4 Å². The molecule has 2 aromatic rings. The molecule has 2 heterocycles. The van der Waals surface area contributed by atoms with E-state index in [0.29, 0.717) is 6.67 Å². The van der Waals surface area contributed by atoms with E-state index in [-0.39, 0.29) is 11.9 Å². The molecule has 0 aliphatic carbocycles. The summed E-state index contributed by atoms with van der Waals surface area (Å²) in [7, 11) is 2.01. The average molecular weight is 408 g/mol. The number of nitrogens with zero attached hydrogens (tertiary/aromatic N) is 2. The number of carbonyl (C=O) groups is 2. The molecule has 158 valence electrons. The van der Waals surface area contributed by atoms with Crippen molar-refractivity contribution in [1.29, 1.82) is 0 Å². The van der Waals surface area contributed by atoms with Crippen LogP contribution in [0.1, 0.15) is 37.3 Å². The molecule has 2 aliphatic rings. The second-order valence-electron chi connectivity index (χ2n) is 8.66. The van der Waals surface area contributed by atoms with Crippen molar-refractivity contribution in [1.82, 2.24) is 10.2 Å². The predicted octanol–water partition coefficient (Wildman–Crippen LogP) is 2.12. The number of hydrogen-bond donors (Lipinski definition) is 2. The topological polar surface area (TPSA) is 57.1 Å². The molecule has 6 heteroatoms. The maximum atomic E-state index is 13.1. The number of quaternary nitrogens is 1. The van der Waals surface area contributed by atoms with Gasteiger partial charge in [0.2, 0.25) is 0 Å². The molecular weight excluding hydrogens is 376 g/mol. The highest BCUT2D eigenvalue weighted by Crippen LogP contribution is 2.28. The van der Waals surface area contributed by atoms with Crippen molar-refractivity contribution in [3.05, 3.63) is 65.7 Å². The Bertz CT molecular complexity index is 893. The number of rotatable bonds is 6. The van der Waals surface area contributed by atoms with E-state index in [2.05, 4.69) is 34.5 Å². The third kappa shape index (κ3) is 4.05. The zero-order chi connectivity index (χ0) is 21.1. The van der Waals surface area contributed by atoms with Crippen molar-refractivity contribution in [2.45, 2.75) is 38.3 Å². The fourth-order valence-corrected chi connectivity index (χ4v) is 4.46. The van der Waals surface area contributed by atoms with Crippen LogP contribution in [0, 0.1) is 0 Å². The Kier molecular flexibility index (Phi) is 5.77. The molecule has 0 radical (unpaired) electrons. The van der Waals surface area contributed by atoms with Crippen molar-refractivity contribution in [2.75, 3.05) is 31.7 Å². The third-order valence-electron chi connectivity index (χ3n) is 6.22. The normalized spacial score (nSPS) is 22.9. The van der Waals surface area contributed by atoms with Crippen LogP contribution in [0.4, 0.5) is 10.5 Å². The minimum Gasteiger partial charge on any atom is -0.372 e. The molecule has 30 heavy (non-hydrogen) atoms. The molecule has 0 saturated carbocycles. The van der Waals surface area contributed by atoms with E-state index in [9.17, 15) is 9.59 Å². The van der Waals surface area contributed by atoms with E-state index in [0.717, 1.165) is 30.1 Å². The first-order valence-electron chi connectivity index (χ1n) is 10.8. The van der Waals surface area contributed by atoms with Gasteiger partial charge in [0, 0.05) is 24.3 Å². The summed E-state index contributed by atoms with van der Waals surface area (Å²) in [5, 5.41) is 2.88. The quantitative estimate of drug-likeness (QED) is 0.722. The largest absolute Gasteiger partial charge is 0.372 e. The van der Waals surface area contributed by atoms with E-state index < -0.39 is 5.54 Å². The van der Waals surface area contributed by atoms with Crippen molar-refractivity contribution >= 4 is 17.6 Å². The summed E-state index contributed by atoms with van der Waals surface area (Å²) in [6.07, 6.45) is 3.86. The minimum absolute atomic E-state index is 0.196. The number of hydrogen-bond acceptors (Lipinski definition) is 3. The van der Waals surface area contributed by atoms with Crippen LogP contribution in [0.3, 0.4) is 0 Å². The number of imide groups is 1. The fraction of sp³-hybridized carbons (Fsp3) is 0.417. The Morgan fingerprint density at radius 1 is 0.967 bits per heavy atom. The molecule has 0 aromatic heterocycles. The maximum Gasteiger partial charge on any atom is 0.329 e. The number of anilines is 1. The monoisotopic (exact) mass is 407 g/mol. The lowest BCUT2D eigenvalue weighted by molar-refractivity contribution is -0.901. The molecule has 2 atom stereocenters. The lowest BCUT2D eigenvalue weighted by atomic mass is 9.92. The molecule has 4 rings (SSSR count). The molecule has 3 amide bonds. The predicted molar refractivity (Wildman–Crippen MR) is 117 cm³/mol. The molecule has 0 bridgehead atoms. The van der Waals surface area contributed by atoms with Gasteiger partial charge < -0.3 is 15.1 Å². The Balaban J connectivity index is 1.38. The van der Waals surface area contributed by atoms with E-state index >= 15 is 0 Å². The van der Waals surface area contributed by atoms with Crippen LogP contribution in [0.15, 0.2) is 54.6 Å². The van der Waals surface area contributed by atoms with Crippen LogP contribution in [0.5, 0.6) is 0 Å². The van der Waals surface area contributed by atoms with Gasteiger partial charge in [0.25, 0.3) is 5.91 Å². The summed E-state index contributed by atoms with van der Waals surface area (Å²) in [4.78, 5) is 30.5. The highest BCUT2D eigenvalue weighted by molar-refractivity contribution is 6.07. The smallest absolute Gasteiger partial charge is 0.329 e. The van der Waals surface area contributed by atoms with E-state index in [1.54, 1.807) is 6.92 Å². The van der Waals surface area contributed by atoms with Gasteiger partial charge in [-0.25, -0.2) is 9.69 Å².